The number of nitrogens with zero attached hydrogens (tertiary/aromatic N) is 1. The third kappa shape index (κ3) is 3.67. The molecular weight excluding hydrogens is 381 g/mol. The van der Waals surface area contributed by atoms with E-state index in [0.29, 0.717) is 26.4 Å². The maximum Gasteiger partial charge on any atom is 0.312 e. The molecule has 21 heavy (non-hydrogen) atoms. The van der Waals surface area contributed by atoms with Gasteiger partial charge in [0, 0.05) is 21.1 Å². The van der Waals surface area contributed by atoms with Gasteiger partial charge < -0.3 is 4.74 Å². The number of rotatable bonds is 4. The van der Waals surface area contributed by atoms with E-state index in [9.17, 15) is 10.1 Å². The van der Waals surface area contributed by atoms with Crippen molar-refractivity contribution in [2.45, 2.75) is 12.8 Å². The molecule has 0 aliphatic heterocycles. The summed E-state index contributed by atoms with van der Waals surface area (Å²) < 4.78 is 6.35. The van der Waals surface area contributed by atoms with Gasteiger partial charge in [0.05, 0.1) is 10.8 Å². The fourth-order valence-electron chi connectivity index (χ4n) is 1.84. The Morgan fingerprint density at radius 1 is 1.33 bits per heavy atom. The minimum Gasteiger partial charge on any atom is -0.450 e. The van der Waals surface area contributed by atoms with Crippen LogP contribution in [0.3, 0.4) is 0 Å². The van der Waals surface area contributed by atoms with Crippen LogP contribution in [-0.4, -0.2) is 4.92 Å². The van der Waals surface area contributed by atoms with Crippen molar-refractivity contribution in [3.63, 3.8) is 0 Å². The molecule has 0 aromatic heterocycles. The number of benzene rings is 2. The van der Waals surface area contributed by atoms with E-state index in [4.69, 9.17) is 27.9 Å². The first-order valence-electron chi connectivity index (χ1n) is 5.89. The van der Waals surface area contributed by atoms with Crippen molar-refractivity contribution in [2.75, 3.05) is 0 Å². The monoisotopic (exact) mass is 389 g/mol. The quantitative estimate of drug-likeness (QED) is 0.373. The molecule has 2 aromatic carbocycles. The molecular formula is C14H10BrCl2NO3. The lowest BCUT2D eigenvalue weighted by molar-refractivity contribution is -0.385. The lowest BCUT2D eigenvalue weighted by Gasteiger charge is -2.12. The molecule has 110 valence electrons. The first-order valence-corrected chi connectivity index (χ1v) is 7.59. The van der Waals surface area contributed by atoms with Crippen molar-refractivity contribution >= 4 is 44.8 Å². The van der Waals surface area contributed by atoms with Crippen molar-refractivity contribution in [1.29, 1.82) is 0 Å². The number of nitro benzene ring substituents is 1. The minimum absolute atomic E-state index is 0.114. The van der Waals surface area contributed by atoms with Crippen molar-refractivity contribution < 1.29 is 9.66 Å². The topological polar surface area (TPSA) is 52.4 Å². The normalized spacial score (nSPS) is 10.5. The molecule has 2 aromatic rings. The van der Waals surface area contributed by atoms with Gasteiger partial charge in [-0.05, 0) is 36.8 Å². The van der Waals surface area contributed by atoms with Gasteiger partial charge in [-0.15, -0.1) is 11.6 Å². The van der Waals surface area contributed by atoms with E-state index in [0.717, 1.165) is 0 Å². The SMILES string of the molecule is Cc1cc(Br)cc([N+](=O)[O-])c1Oc1ccc(Cl)cc1CCl. The number of ether oxygens (including phenoxy) is 1. The van der Waals surface area contributed by atoms with E-state index in [2.05, 4.69) is 15.9 Å². The van der Waals surface area contributed by atoms with E-state index in [1.807, 2.05) is 0 Å². The van der Waals surface area contributed by atoms with Gasteiger partial charge in [-0.2, -0.15) is 0 Å². The second-order valence-corrected chi connectivity index (χ2v) is 5.94. The van der Waals surface area contributed by atoms with Crippen molar-refractivity contribution in [3.05, 3.63) is 61.1 Å². The standard InChI is InChI=1S/C14H10BrCl2NO3/c1-8-4-10(15)6-12(18(19)20)14(8)21-13-3-2-11(17)5-9(13)7-16/h2-6H,7H2,1H3. The molecule has 7 heteroatoms. The van der Waals surface area contributed by atoms with Crippen molar-refractivity contribution in [2.24, 2.45) is 0 Å². The summed E-state index contributed by atoms with van der Waals surface area (Å²) in [5, 5.41) is 11.7. The Hall–Kier alpha value is -1.30. The highest BCUT2D eigenvalue weighted by atomic mass is 79.9. The van der Waals surface area contributed by atoms with Gasteiger partial charge in [-0.25, -0.2) is 0 Å². The molecule has 0 atom stereocenters. The third-order valence-electron chi connectivity index (χ3n) is 2.80. The van der Waals surface area contributed by atoms with E-state index in [-0.39, 0.29) is 17.3 Å². The van der Waals surface area contributed by atoms with Crippen molar-refractivity contribution in [3.8, 4) is 11.5 Å². The van der Waals surface area contributed by atoms with Gasteiger partial charge in [0.25, 0.3) is 0 Å². The second kappa shape index (κ2) is 6.64. The summed E-state index contributed by atoms with van der Waals surface area (Å²) in [5.74, 6) is 0.832. The molecule has 0 spiro atoms. The van der Waals surface area contributed by atoms with E-state index in [1.54, 1.807) is 31.2 Å². The minimum atomic E-state index is -0.483. The fraction of sp³-hybridized carbons (Fsp3) is 0.143. The number of nitro groups is 1. The lowest BCUT2D eigenvalue weighted by atomic mass is 10.2. The molecule has 4 nitrogen and oxygen atoms in total. The van der Waals surface area contributed by atoms with Crippen LogP contribution in [0.25, 0.3) is 0 Å². The third-order valence-corrected chi connectivity index (χ3v) is 3.78. The average Bonchev–Trinajstić information content (AvgIpc) is 2.42. The molecule has 0 unspecified atom stereocenters. The number of aryl methyl sites for hydroxylation is 1. The van der Waals surface area contributed by atoms with Crippen LogP contribution < -0.4 is 4.74 Å². The van der Waals surface area contributed by atoms with Crippen LogP contribution in [0.5, 0.6) is 11.5 Å². The van der Waals surface area contributed by atoms with E-state index >= 15 is 0 Å². The predicted octanol–water partition coefficient (Wildman–Crippen LogP) is 5.85. The van der Waals surface area contributed by atoms with E-state index in [1.165, 1.54) is 6.07 Å². The van der Waals surface area contributed by atoms with Crippen LogP contribution in [0.2, 0.25) is 5.02 Å². The maximum atomic E-state index is 11.2. The Morgan fingerprint density at radius 3 is 2.67 bits per heavy atom. The highest BCUT2D eigenvalue weighted by Gasteiger charge is 2.20. The molecule has 0 heterocycles. The fourth-order valence-corrected chi connectivity index (χ4v) is 2.81. The smallest absolute Gasteiger partial charge is 0.312 e. The number of hydrogen-bond acceptors (Lipinski definition) is 3. The molecule has 0 fully saturated rings. The molecule has 0 aliphatic rings. The molecule has 0 radical (unpaired) electrons. The first-order chi connectivity index (χ1) is 9.92. The van der Waals surface area contributed by atoms with Crippen LogP contribution in [0.15, 0.2) is 34.8 Å². The van der Waals surface area contributed by atoms with Crippen molar-refractivity contribution in [1.82, 2.24) is 0 Å². The average molecular weight is 391 g/mol. The molecule has 0 aliphatic carbocycles. The van der Waals surface area contributed by atoms with Crippen LogP contribution in [0.4, 0.5) is 5.69 Å². The molecule has 0 amide bonds. The zero-order valence-corrected chi connectivity index (χ0v) is 14.0. The Bertz CT molecular complexity index is 707. The summed E-state index contributed by atoms with van der Waals surface area (Å²) >= 11 is 15.0. The van der Waals surface area contributed by atoms with Gasteiger partial charge in [0.2, 0.25) is 5.75 Å². The van der Waals surface area contributed by atoms with Gasteiger partial charge in [0.1, 0.15) is 5.75 Å². The van der Waals surface area contributed by atoms with Gasteiger partial charge in [-0.1, -0.05) is 27.5 Å². The zero-order valence-electron chi connectivity index (χ0n) is 10.9. The molecule has 0 saturated heterocycles. The molecule has 2 rings (SSSR count). The van der Waals surface area contributed by atoms with Crippen LogP contribution in [0, 0.1) is 17.0 Å². The lowest BCUT2D eigenvalue weighted by Crippen LogP contribution is -1.97. The number of alkyl halides is 1. The number of hydrogen-bond donors (Lipinski definition) is 0. The molecule has 0 bridgehead atoms. The van der Waals surface area contributed by atoms with Crippen LogP contribution in [0.1, 0.15) is 11.1 Å². The van der Waals surface area contributed by atoms with Gasteiger partial charge in [-0.3, -0.25) is 10.1 Å². The van der Waals surface area contributed by atoms with Gasteiger partial charge >= 0.3 is 5.69 Å². The summed E-state index contributed by atoms with van der Waals surface area (Å²) in [6, 6.07) is 8.11. The molecule has 0 N–H and O–H groups in total. The zero-order chi connectivity index (χ0) is 15.6. The Labute approximate surface area is 139 Å². The second-order valence-electron chi connectivity index (χ2n) is 4.32. The van der Waals surface area contributed by atoms with E-state index < -0.39 is 4.92 Å². The number of halogens is 3. The summed E-state index contributed by atoms with van der Waals surface area (Å²) in [6.45, 7) is 1.74. The Kier molecular flexibility index (Phi) is 5.08. The maximum absolute atomic E-state index is 11.2. The van der Waals surface area contributed by atoms with Crippen LogP contribution >= 0.6 is 39.1 Å². The molecule has 0 saturated carbocycles. The summed E-state index contributed by atoms with van der Waals surface area (Å²) in [6.07, 6.45) is 0. The largest absolute Gasteiger partial charge is 0.450 e. The summed E-state index contributed by atoms with van der Waals surface area (Å²) in [7, 11) is 0. The Balaban J connectivity index is 2.51. The van der Waals surface area contributed by atoms with Crippen LogP contribution in [-0.2, 0) is 5.88 Å². The Morgan fingerprint density at radius 2 is 2.05 bits per heavy atom. The summed E-state index contributed by atoms with van der Waals surface area (Å²) in [4.78, 5) is 10.7. The highest BCUT2D eigenvalue weighted by Crippen LogP contribution is 2.38. The van der Waals surface area contributed by atoms with Gasteiger partial charge in [0.15, 0.2) is 0 Å². The predicted molar refractivity (Wildman–Crippen MR) is 86.6 cm³/mol. The first kappa shape index (κ1) is 16.1. The summed E-state index contributed by atoms with van der Waals surface area (Å²) in [5.41, 5.74) is 1.20. The highest BCUT2D eigenvalue weighted by molar-refractivity contribution is 9.10.